The van der Waals surface area contributed by atoms with Crippen LogP contribution in [0.2, 0.25) is 0 Å². The Labute approximate surface area is 74.4 Å². The highest BCUT2D eigenvalue weighted by Gasteiger charge is 2.22. The number of nitrogens with zero attached hydrogens (tertiary/aromatic N) is 1. The number of allylic oxidation sites excluding steroid dienone is 3. The van der Waals surface area contributed by atoms with Crippen LogP contribution in [-0.2, 0) is 0 Å². The van der Waals surface area contributed by atoms with Gasteiger partial charge in [-0.1, -0.05) is 32.1 Å². The van der Waals surface area contributed by atoms with Gasteiger partial charge in [0.2, 0.25) is 0 Å². The molecule has 1 aliphatic carbocycles. The largest absolute Gasteiger partial charge is 0.228 e. The van der Waals surface area contributed by atoms with Crippen LogP contribution in [0.5, 0.6) is 0 Å². The molecule has 0 saturated carbocycles. The summed E-state index contributed by atoms with van der Waals surface area (Å²) in [7, 11) is 2.09. The molecule has 0 aromatic carbocycles. The minimum Gasteiger partial charge on any atom is -0.228 e. The van der Waals surface area contributed by atoms with Gasteiger partial charge >= 0.3 is 0 Å². The summed E-state index contributed by atoms with van der Waals surface area (Å²) in [5.74, 6) is 0. The monoisotopic (exact) mass is 162 g/mol. The first-order valence-corrected chi connectivity index (χ1v) is 4.50. The molecule has 0 aromatic heterocycles. The topological polar surface area (TPSA) is 3.01 Å². The molecule has 0 spiro atoms. The second-order valence-electron chi connectivity index (χ2n) is 2.67. The van der Waals surface area contributed by atoms with Crippen LogP contribution in [0.25, 0.3) is 0 Å². The van der Waals surface area contributed by atoms with Crippen molar-refractivity contribution in [3.8, 4) is 0 Å². The number of likely N-dealkylation sites (N-methyl/N-ethyl adjacent to an activating group) is 1. The molecule has 1 atom stereocenters. The molecule has 2 rings (SSSR count). The van der Waals surface area contributed by atoms with Crippen LogP contribution in [0, 0.1) is 0 Å². The van der Waals surface area contributed by atoms with Crippen molar-refractivity contribution in [3.63, 3.8) is 0 Å². The molecule has 0 amide bonds. The van der Waals surface area contributed by atoms with Crippen molar-refractivity contribution in [3.05, 3.63) is 36.0 Å². The molecule has 1 nitrogen and oxygen atoms in total. The zero-order valence-corrected chi connectivity index (χ0v) is 7.99. The molecule has 64 valence electrons. The lowest BCUT2D eigenvalue weighted by molar-refractivity contribution is -0.506. The van der Waals surface area contributed by atoms with Crippen molar-refractivity contribution in [2.75, 3.05) is 7.05 Å². The van der Waals surface area contributed by atoms with E-state index in [9.17, 15) is 0 Å². The second-order valence-corrected chi connectivity index (χ2v) is 2.67. The molecule has 12 heavy (non-hydrogen) atoms. The Kier molecular flexibility index (Phi) is 3.03. The van der Waals surface area contributed by atoms with Gasteiger partial charge in [0.05, 0.1) is 0 Å². The third-order valence-corrected chi connectivity index (χ3v) is 1.98. The fraction of sp³-hybridized carbons (Fsp3) is 0.364. The summed E-state index contributed by atoms with van der Waals surface area (Å²) >= 11 is 0. The highest BCUT2D eigenvalue weighted by molar-refractivity contribution is 5.72. The minimum absolute atomic E-state index is 0.505. The lowest BCUT2D eigenvalue weighted by Gasteiger charge is -2.06. The summed E-state index contributed by atoms with van der Waals surface area (Å²) in [5.41, 5.74) is 1.39. The molecule has 2 aliphatic rings. The molecular formula is C11H16N+. The van der Waals surface area contributed by atoms with E-state index in [2.05, 4.69) is 48.2 Å². The Morgan fingerprint density at radius 3 is 2.67 bits per heavy atom. The number of rotatable bonds is 0. The Hall–Kier alpha value is -1.11. The van der Waals surface area contributed by atoms with E-state index in [1.807, 2.05) is 13.8 Å². The average Bonchev–Trinajstić information content (AvgIpc) is 2.53. The molecule has 0 bridgehead atoms. The molecule has 1 unspecified atom stereocenters. The van der Waals surface area contributed by atoms with Crippen molar-refractivity contribution < 1.29 is 4.58 Å². The predicted octanol–water partition coefficient (Wildman–Crippen LogP) is 2.16. The second kappa shape index (κ2) is 4.05. The number of fused-ring (bicyclic) bond motifs is 1. The first kappa shape index (κ1) is 8.98. The van der Waals surface area contributed by atoms with Crippen molar-refractivity contribution >= 4 is 6.21 Å². The standard InChI is InChI=1S/C9H10N.C2H6/c1-10-7-6-8-4-2-3-5-9(8)10;1-2/h2-7,9H,1H3;1-2H3/q+1;. The maximum Gasteiger partial charge on any atom is 0.196 e. The van der Waals surface area contributed by atoms with Gasteiger partial charge in [-0.25, -0.2) is 4.58 Å². The van der Waals surface area contributed by atoms with Crippen LogP contribution in [0.15, 0.2) is 36.0 Å². The van der Waals surface area contributed by atoms with Crippen LogP contribution in [0.3, 0.4) is 0 Å². The quantitative estimate of drug-likeness (QED) is 0.480. The maximum absolute atomic E-state index is 2.20. The molecule has 1 heterocycles. The molecule has 0 aromatic rings. The zero-order valence-electron chi connectivity index (χ0n) is 7.99. The van der Waals surface area contributed by atoms with E-state index in [4.69, 9.17) is 0 Å². The summed E-state index contributed by atoms with van der Waals surface area (Å²) in [6.07, 6.45) is 12.8. The number of hydrogen-bond donors (Lipinski definition) is 0. The van der Waals surface area contributed by atoms with Gasteiger partial charge < -0.3 is 0 Å². The smallest absolute Gasteiger partial charge is 0.196 e. The Morgan fingerprint density at radius 2 is 2.00 bits per heavy atom. The van der Waals surface area contributed by atoms with Crippen LogP contribution in [0.4, 0.5) is 0 Å². The van der Waals surface area contributed by atoms with E-state index in [0.717, 1.165) is 0 Å². The van der Waals surface area contributed by atoms with Gasteiger partial charge in [-0.3, -0.25) is 0 Å². The Bertz CT molecular complexity index is 267. The van der Waals surface area contributed by atoms with Gasteiger partial charge in [0, 0.05) is 11.6 Å². The lowest BCUT2D eigenvalue weighted by Crippen LogP contribution is -2.18. The first-order valence-electron chi connectivity index (χ1n) is 4.50. The summed E-state index contributed by atoms with van der Waals surface area (Å²) in [4.78, 5) is 0. The van der Waals surface area contributed by atoms with E-state index >= 15 is 0 Å². The van der Waals surface area contributed by atoms with Crippen LogP contribution >= 0.6 is 0 Å². The third-order valence-electron chi connectivity index (χ3n) is 1.98. The van der Waals surface area contributed by atoms with Crippen molar-refractivity contribution in [1.82, 2.24) is 0 Å². The number of hydrogen-bond acceptors (Lipinski definition) is 0. The van der Waals surface area contributed by atoms with Crippen LogP contribution in [0.1, 0.15) is 13.8 Å². The molecule has 0 saturated heterocycles. The first-order chi connectivity index (χ1) is 5.88. The fourth-order valence-corrected chi connectivity index (χ4v) is 1.37. The molecular weight excluding hydrogens is 146 g/mol. The SMILES string of the molecule is CC.C[N+]1=CC=C2C=CC=CC21. The Morgan fingerprint density at radius 1 is 1.25 bits per heavy atom. The van der Waals surface area contributed by atoms with E-state index < -0.39 is 0 Å². The summed E-state index contributed by atoms with van der Waals surface area (Å²) in [6.45, 7) is 4.00. The Balaban J connectivity index is 0.000000336. The zero-order chi connectivity index (χ0) is 8.97. The summed E-state index contributed by atoms with van der Waals surface area (Å²) in [5, 5.41) is 0. The summed E-state index contributed by atoms with van der Waals surface area (Å²) < 4.78 is 2.20. The molecule has 0 fully saturated rings. The van der Waals surface area contributed by atoms with Gasteiger partial charge in [-0.2, -0.15) is 0 Å². The lowest BCUT2D eigenvalue weighted by atomic mass is 10.0. The maximum atomic E-state index is 2.20. The molecule has 1 heteroatoms. The van der Waals surface area contributed by atoms with Crippen LogP contribution in [-0.4, -0.2) is 23.9 Å². The van der Waals surface area contributed by atoms with Gasteiger partial charge in [0.15, 0.2) is 12.3 Å². The fourth-order valence-electron chi connectivity index (χ4n) is 1.37. The summed E-state index contributed by atoms with van der Waals surface area (Å²) in [6, 6.07) is 0.505. The highest BCUT2D eigenvalue weighted by atomic mass is 15.0. The van der Waals surface area contributed by atoms with E-state index in [-0.39, 0.29) is 0 Å². The minimum atomic E-state index is 0.505. The van der Waals surface area contributed by atoms with Gasteiger partial charge in [0.1, 0.15) is 7.05 Å². The molecule has 0 N–H and O–H groups in total. The van der Waals surface area contributed by atoms with Gasteiger partial charge in [0.25, 0.3) is 0 Å². The van der Waals surface area contributed by atoms with Gasteiger partial charge in [-0.15, -0.1) is 0 Å². The van der Waals surface area contributed by atoms with E-state index in [0.29, 0.717) is 6.04 Å². The molecule has 1 aliphatic heterocycles. The highest BCUT2D eigenvalue weighted by Crippen LogP contribution is 2.16. The normalized spacial score (nSPS) is 23.8. The van der Waals surface area contributed by atoms with Crippen molar-refractivity contribution in [2.24, 2.45) is 0 Å². The van der Waals surface area contributed by atoms with Gasteiger partial charge in [-0.05, 0) is 6.08 Å². The van der Waals surface area contributed by atoms with Crippen molar-refractivity contribution in [1.29, 1.82) is 0 Å². The predicted molar refractivity (Wildman–Crippen MR) is 53.7 cm³/mol. The van der Waals surface area contributed by atoms with E-state index in [1.165, 1.54) is 5.57 Å². The van der Waals surface area contributed by atoms with Crippen molar-refractivity contribution in [2.45, 2.75) is 19.9 Å². The average molecular weight is 162 g/mol. The van der Waals surface area contributed by atoms with E-state index in [1.54, 1.807) is 0 Å². The molecule has 0 radical (unpaired) electrons. The third kappa shape index (κ3) is 1.55. The van der Waals surface area contributed by atoms with Crippen LogP contribution < -0.4 is 0 Å².